The van der Waals surface area contributed by atoms with Gasteiger partial charge in [-0.05, 0) is 31.0 Å². The van der Waals surface area contributed by atoms with E-state index in [1.807, 2.05) is 0 Å². The van der Waals surface area contributed by atoms with Crippen LogP contribution in [0.1, 0.15) is 15.2 Å². The lowest BCUT2D eigenvalue weighted by atomic mass is 10.0. The topological polar surface area (TPSA) is 83.6 Å². The maximum atomic E-state index is 11.1. The molecule has 1 aromatic rings. The molecule has 0 aliphatic carbocycles. The van der Waals surface area contributed by atoms with Crippen LogP contribution >= 0.6 is 0 Å². The lowest BCUT2D eigenvalue weighted by Crippen LogP contribution is -2.30. The van der Waals surface area contributed by atoms with Crippen LogP contribution in [-0.4, -0.2) is 22.0 Å². The summed E-state index contributed by atoms with van der Waals surface area (Å²) in [7, 11) is 0. The number of benzene rings is 1. The lowest BCUT2D eigenvalue weighted by Gasteiger charge is -2.08. The first-order valence-electron chi connectivity index (χ1n) is 5.08. The van der Waals surface area contributed by atoms with Crippen molar-refractivity contribution in [3.05, 3.63) is 23.8 Å². The first-order chi connectivity index (χ1) is 7.26. The minimum Gasteiger partial charge on any atom is -0.504 e. The number of aromatic hydroxyl groups is 2. The summed E-state index contributed by atoms with van der Waals surface area (Å²) in [6.07, 6.45) is -1.32. The van der Waals surface area contributed by atoms with Crippen molar-refractivity contribution in [2.75, 3.05) is 0 Å². The first-order valence-corrected chi connectivity index (χ1v) is 4.01. The molecule has 0 heterocycles. The van der Waals surface area contributed by atoms with Gasteiger partial charge in [-0.15, -0.1) is 0 Å². The normalized spacial score (nSPS) is 19.0. The number of rotatable bonds is 3. The molecule has 2 atom stereocenters. The van der Waals surface area contributed by atoms with E-state index < -0.39 is 23.9 Å². The van der Waals surface area contributed by atoms with E-state index >= 15 is 0 Å². The maximum absolute atomic E-state index is 11.1. The highest BCUT2D eigenvalue weighted by Gasteiger charge is 2.10. The summed E-state index contributed by atoms with van der Waals surface area (Å²) in [4.78, 5) is 11.1. The fourth-order valence-electron chi connectivity index (χ4n) is 0.911. The zero-order chi connectivity index (χ0) is 12.5. The number of hydrogen-bond acceptors (Lipinski definition) is 4. The van der Waals surface area contributed by atoms with Gasteiger partial charge in [-0.3, -0.25) is 4.79 Å². The van der Waals surface area contributed by atoms with Gasteiger partial charge in [-0.25, -0.2) is 0 Å². The largest absolute Gasteiger partial charge is 0.504 e. The van der Waals surface area contributed by atoms with E-state index in [4.69, 9.17) is 13.6 Å². The van der Waals surface area contributed by atoms with Crippen LogP contribution in [-0.2, 0) is 11.2 Å². The zero-order valence-electron chi connectivity index (χ0n) is 9.69. The van der Waals surface area contributed by atoms with Gasteiger partial charge in [0, 0.05) is 1.37 Å². The first kappa shape index (κ1) is 7.82. The van der Waals surface area contributed by atoms with Gasteiger partial charge >= 0.3 is 0 Å². The van der Waals surface area contributed by atoms with Crippen LogP contribution in [0.2, 0.25) is 0 Å². The number of carbonyl (C=O) groups excluding carboxylic acids is 1. The third kappa shape index (κ3) is 2.47. The average molecular weight is 197 g/mol. The van der Waals surface area contributed by atoms with Gasteiger partial charge in [0.2, 0.25) is 0 Å². The van der Waals surface area contributed by atoms with Crippen LogP contribution in [0.3, 0.4) is 0 Å². The molecule has 0 saturated carbocycles. The second-order valence-corrected chi connectivity index (χ2v) is 2.90. The predicted octanol–water partition coefficient (Wildman–Crippen LogP) is 0.557. The maximum Gasteiger partial charge on any atom is 0.157 e. The molecule has 0 bridgehead atoms. The molecule has 0 fully saturated rings. The van der Waals surface area contributed by atoms with Crippen LogP contribution in [0, 0.1) is 0 Å². The van der Waals surface area contributed by atoms with Crippen LogP contribution in [0.15, 0.2) is 18.2 Å². The molecular weight excluding hydrogens is 182 g/mol. The van der Waals surface area contributed by atoms with Crippen molar-refractivity contribution in [1.82, 2.24) is 0 Å². The summed E-state index contributed by atoms with van der Waals surface area (Å²) in [5.74, 6) is -1.37. The van der Waals surface area contributed by atoms with Crippen LogP contribution in [0.25, 0.3) is 0 Å². The number of phenolic OH excluding ortho intramolecular Hbond substituents is 2. The minimum atomic E-state index is -2.07. The molecule has 4 nitrogen and oxygen atoms in total. The van der Waals surface area contributed by atoms with E-state index in [1.165, 1.54) is 12.1 Å². The number of carbonyl (C=O) groups is 1. The Bertz CT molecular complexity index is 421. The van der Waals surface area contributed by atoms with Crippen LogP contribution in [0.5, 0.6) is 11.5 Å². The Hall–Kier alpha value is -1.55. The van der Waals surface area contributed by atoms with Gasteiger partial charge in [-0.1, -0.05) is 6.07 Å². The second-order valence-electron chi connectivity index (χ2n) is 2.90. The van der Waals surface area contributed by atoms with Gasteiger partial charge in [-0.2, -0.15) is 0 Å². The van der Waals surface area contributed by atoms with E-state index in [0.29, 0.717) is 0 Å². The molecule has 14 heavy (non-hydrogen) atoms. The molecule has 4 N–H and O–H groups in total. The molecule has 0 unspecified atom stereocenters. The highest BCUT2D eigenvalue weighted by Crippen LogP contribution is 2.25. The molecule has 0 aliphatic heterocycles. The Morgan fingerprint density at radius 3 is 2.79 bits per heavy atom. The Morgan fingerprint density at radius 1 is 1.64 bits per heavy atom. The molecule has 0 spiro atoms. The summed E-state index contributed by atoms with van der Waals surface area (Å²) >= 11 is 0. The summed E-state index contributed by atoms with van der Waals surface area (Å²) in [5.41, 5.74) is 5.61. The van der Waals surface area contributed by atoms with Gasteiger partial charge in [0.25, 0.3) is 0 Å². The Balaban J connectivity index is 3.10. The molecule has 0 saturated heterocycles. The van der Waals surface area contributed by atoms with Gasteiger partial charge in [0.05, 0.1) is 7.39 Å². The molecule has 1 rings (SSSR count). The van der Waals surface area contributed by atoms with Crippen molar-refractivity contribution in [3.8, 4) is 11.5 Å². The van der Waals surface area contributed by atoms with E-state index in [2.05, 4.69) is 0 Å². The second kappa shape index (κ2) is 4.11. The van der Waals surface area contributed by atoms with Crippen molar-refractivity contribution in [2.45, 2.75) is 19.3 Å². The Labute approximate surface area is 84.8 Å². The highest BCUT2D eigenvalue weighted by molar-refractivity contribution is 5.81. The third-order valence-corrected chi connectivity index (χ3v) is 1.73. The standard InChI is InChI=1S/C10H13NO3/c1-6(12)8(11)4-7-2-3-9(13)10(14)5-7/h2-3,5,8,13-14H,4,11H2,1H3/t8-/m1/s1/i4D,8D/t4-,8+/m0. The van der Waals surface area contributed by atoms with E-state index in [9.17, 15) is 9.90 Å². The van der Waals surface area contributed by atoms with Crippen LogP contribution < -0.4 is 5.73 Å². The Morgan fingerprint density at radius 2 is 2.29 bits per heavy atom. The molecule has 0 aromatic heterocycles. The third-order valence-electron chi connectivity index (χ3n) is 1.73. The van der Waals surface area contributed by atoms with E-state index in [1.54, 1.807) is 0 Å². The number of phenols is 2. The predicted molar refractivity (Wildman–Crippen MR) is 52.1 cm³/mol. The monoisotopic (exact) mass is 197 g/mol. The van der Waals surface area contributed by atoms with Crippen LogP contribution in [0.4, 0.5) is 0 Å². The molecular formula is C10H13NO3. The summed E-state index contributed by atoms with van der Waals surface area (Å²) < 4.78 is 15.2. The Kier molecular flexibility index (Phi) is 2.29. The molecule has 0 aliphatic rings. The smallest absolute Gasteiger partial charge is 0.157 e. The average Bonchev–Trinajstić information content (AvgIpc) is 2.20. The SMILES string of the molecule is [2H][C@@H](c1ccc(O)c(O)c1)[C@@]([2H])(N)C(C)=O. The van der Waals surface area contributed by atoms with E-state index in [0.717, 1.165) is 13.0 Å². The van der Waals surface area contributed by atoms with Gasteiger partial charge in [0.1, 0.15) is 5.78 Å². The fourth-order valence-corrected chi connectivity index (χ4v) is 0.911. The number of Topliss-reactive ketones (excluding diaryl/α,β-unsaturated/α-hetero) is 1. The van der Waals surface area contributed by atoms with Gasteiger partial charge in [0.15, 0.2) is 11.5 Å². The summed E-state index contributed by atoms with van der Waals surface area (Å²) in [5, 5.41) is 18.3. The van der Waals surface area contributed by atoms with Crippen molar-refractivity contribution >= 4 is 5.78 Å². The minimum absolute atomic E-state index is 0.197. The molecule has 76 valence electrons. The fraction of sp³-hybridized carbons (Fsp3) is 0.300. The molecule has 0 amide bonds. The van der Waals surface area contributed by atoms with E-state index in [-0.39, 0.29) is 11.3 Å². The summed E-state index contributed by atoms with van der Waals surface area (Å²) in [6, 6.07) is 1.57. The van der Waals surface area contributed by atoms with Gasteiger partial charge < -0.3 is 15.9 Å². The lowest BCUT2D eigenvalue weighted by molar-refractivity contribution is -0.118. The van der Waals surface area contributed by atoms with Crippen molar-refractivity contribution in [3.63, 3.8) is 0 Å². The molecule has 0 radical (unpaired) electrons. The van der Waals surface area contributed by atoms with Crippen molar-refractivity contribution < 1.29 is 17.7 Å². The zero-order valence-corrected chi connectivity index (χ0v) is 7.69. The van der Waals surface area contributed by atoms with Crippen molar-refractivity contribution in [2.24, 2.45) is 5.73 Å². The molecule has 1 aromatic carbocycles. The quantitative estimate of drug-likeness (QED) is 0.618. The number of ketones is 1. The molecule has 4 heteroatoms. The van der Waals surface area contributed by atoms with Crippen molar-refractivity contribution in [1.29, 1.82) is 0 Å². The number of nitrogens with two attached hydrogens (primary N) is 1. The highest BCUT2D eigenvalue weighted by atomic mass is 16.3. The number of hydrogen-bond donors (Lipinski definition) is 3. The summed E-state index contributed by atoms with van der Waals surface area (Å²) in [6.45, 7) is 1.13.